The molecular formula is C12H21N3O2. The van der Waals surface area contributed by atoms with Gasteiger partial charge in [0.25, 0.3) is 0 Å². The number of aromatic nitrogens is 2. The molecule has 0 saturated heterocycles. The second kappa shape index (κ2) is 5.82. The Kier molecular flexibility index (Phi) is 4.69. The van der Waals surface area contributed by atoms with E-state index in [9.17, 15) is 4.79 Å². The molecule has 17 heavy (non-hydrogen) atoms. The standard InChI is InChI=1S/C12H21N3O2/c1-5-15-11(6-10(3)13-15)8-14(4)7-9(2)12(16)17/h6,9H,5,7-8H2,1-4H3,(H,16,17). The van der Waals surface area contributed by atoms with Crippen molar-refractivity contribution < 1.29 is 9.90 Å². The largest absolute Gasteiger partial charge is 0.481 e. The van der Waals surface area contributed by atoms with Crippen molar-refractivity contribution in [3.8, 4) is 0 Å². The minimum absolute atomic E-state index is 0.348. The van der Waals surface area contributed by atoms with Crippen molar-refractivity contribution >= 4 is 5.97 Å². The molecule has 5 heteroatoms. The summed E-state index contributed by atoms with van der Waals surface area (Å²) in [5.41, 5.74) is 2.13. The van der Waals surface area contributed by atoms with Crippen LogP contribution in [0, 0.1) is 12.8 Å². The zero-order valence-electron chi connectivity index (χ0n) is 11.0. The molecule has 5 nitrogen and oxygen atoms in total. The third kappa shape index (κ3) is 3.85. The van der Waals surface area contributed by atoms with E-state index in [-0.39, 0.29) is 5.92 Å². The van der Waals surface area contributed by atoms with Gasteiger partial charge >= 0.3 is 5.97 Å². The Morgan fingerprint density at radius 1 is 1.65 bits per heavy atom. The van der Waals surface area contributed by atoms with Gasteiger partial charge in [0.2, 0.25) is 0 Å². The van der Waals surface area contributed by atoms with Crippen LogP contribution >= 0.6 is 0 Å². The molecule has 0 aromatic carbocycles. The topological polar surface area (TPSA) is 58.4 Å². The maximum atomic E-state index is 10.8. The summed E-state index contributed by atoms with van der Waals surface area (Å²) in [4.78, 5) is 12.8. The van der Waals surface area contributed by atoms with Crippen molar-refractivity contribution in [1.82, 2.24) is 14.7 Å². The zero-order chi connectivity index (χ0) is 13.0. The molecule has 0 aliphatic carbocycles. The van der Waals surface area contributed by atoms with E-state index < -0.39 is 5.97 Å². The first kappa shape index (κ1) is 13.7. The van der Waals surface area contributed by atoms with Crippen LogP contribution in [0.25, 0.3) is 0 Å². The first-order valence-electron chi connectivity index (χ1n) is 5.88. The fourth-order valence-corrected chi connectivity index (χ4v) is 1.89. The molecule has 0 radical (unpaired) electrons. The summed E-state index contributed by atoms with van der Waals surface area (Å²) in [6.45, 7) is 7.85. The maximum Gasteiger partial charge on any atom is 0.307 e. The van der Waals surface area contributed by atoms with Crippen LogP contribution in [0.4, 0.5) is 0 Å². The Labute approximate surface area is 102 Å². The van der Waals surface area contributed by atoms with E-state index in [2.05, 4.69) is 12.0 Å². The first-order chi connectivity index (χ1) is 7.93. The van der Waals surface area contributed by atoms with Crippen LogP contribution in [0.2, 0.25) is 0 Å². The van der Waals surface area contributed by atoms with Crippen LogP contribution in [0.1, 0.15) is 25.2 Å². The summed E-state index contributed by atoms with van der Waals surface area (Å²) in [5.74, 6) is -1.10. The molecule has 1 aromatic heterocycles. The number of carboxylic acids is 1. The summed E-state index contributed by atoms with van der Waals surface area (Å²) < 4.78 is 1.96. The lowest BCUT2D eigenvalue weighted by Gasteiger charge is -2.19. The summed E-state index contributed by atoms with van der Waals surface area (Å²) >= 11 is 0. The van der Waals surface area contributed by atoms with Crippen LogP contribution < -0.4 is 0 Å². The third-order valence-electron chi connectivity index (χ3n) is 2.72. The average Bonchev–Trinajstić information content (AvgIpc) is 2.58. The maximum absolute atomic E-state index is 10.8. The fraction of sp³-hybridized carbons (Fsp3) is 0.667. The molecule has 0 aliphatic rings. The number of hydrogen-bond acceptors (Lipinski definition) is 3. The molecule has 1 atom stereocenters. The first-order valence-corrected chi connectivity index (χ1v) is 5.88. The van der Waals surface area contributed by atoms with Crippen molar-refractivity contribution in [3.05, 3.63) is 17.5 Å². The Balaban J connectivity index is 2.61. The van der Waals surface area contributed by atoms with Gasteiger partial charge in [-0.3, -0.25) is 14.4 Å². The number of nitrogens with zero attached hydrogens (tertiary/aromatic N) is 3. The minimum Gasteiger partial charge on any atom is -0.481 e. The van der Waals surface area contributed by atoms with Crippen molar-refractivity contribution in [2.75, 3.05) is 13.6 Å². The lowest BCUT2D eigenvalue weighted by Crippen LogP contribution is -2.29. The SMILES string of the molecule is CCn1nc(C)cc1CN(C)CC(C)C(=O)O. The highest BCUT2D eigenvalue weighted by Gasteiger charge is 2.15. The van der Waals surface area contributed by atoms with Crippen LogP contribution in [-0.4, -0.2) is 39.3 Å². The predicted octanol–water partition coefficient (Wildman–Crippen LogP) is 1.36. The van der Waals surface area contributed by atoms with Gasteiger partial charge in [-0.2, -0.15) is 5.10 Å². The van der Waals surface area contributed by atoms with E-state index in [4.69, 9.17) is 5.11 Å². The van der Waals surface area contributed by atoms with E-state index in [0.29, 0.717) is 6.54 Å². The molecule has 1 unspecified atom stereocenters. The van der Waals surface area contributed by atoms with E-state index in [1.807, 2.05) is 29.6 Å². The molecule has 0 spiro atoms. The van der Waals surface area contributed by atoms with Crippen LogP contribution in [-0.2, 0) is 17.9 Å². The molecule has 0 aliphatic heterocycles. The van der Waals surface area contributed by atoms with Gasteiger partial charge in [0, 0.05) is 19.6 Å². The van der Waals surface area contributed by atoms with Gasteiger partial charge in [-0.1, -0.05) is 6.92 Å². The molecule has 0 fully saturated rings. The van der Waals surface area contributed by atoms with E-state index >= 15 is 0 Å². The number of carbonyl (C=O) groups is 1. The van der Waals surface area contributed by atoms with E-state index in [1.165, 1.54) is 0 Å². The number of aryl methyl sites for hydroxylation is 2. The Morgan fingerprint density at radius 3 is 2.82 bits per heavy atom. The normalized spacial score (nSPS) is 13.0. The second-order valence-corrected chi connectivity index (χ2v) is 4.53. The molecule has 0 amide bonds. The Morgan fingerprint density at radius 2 is 2.29 bits per heavy atom. The molecular weight excluding hydrogens is 218 g/mol. The highest BCUT2D eigenvalue weighted by molar-refractivity contribution is 5.69. The third-order valence-corrected chi connectivity index (χ3v) is 2.72. The van der Waals surface area contributed by atoms with Gasteiger partial charge in [-0.05, 0) is 27.0 Å². The lowest BCUT2D eigenvalue weighted by atomic mass is 10.2. The van der Waals surface area contributed by atoms with Gasteiger partial charge in [0.05, 0.1) is 17.3 Å². The summed E-state index contributed by atoms with van der Waals surface area (Å²) in [6, 6.07) is 2.05. The number of carboxylic acid groups (broad SMARTS) is 1. The van der Waals surface area contributed by atoms with Crippen molar-refractivity contribution in [2.45, 2.75) is 33.9 Å². The minimum atomic E-state index is -0.753. The number of hydrogen-bond donors (Lipinski definition) is 1. The predicted molar refractivity (Wildman–Crippen MR) is 65.8 cm³/mol. The van der Waals surface area contributed by atoms with Crippen LogP contribution in [0.5, 0.6) is 0 Å². The summed E-state index contributed by atoms with van der Waals surface area (Å²) in [7, 11) is 1.93. The Hall–Kier alpha value is -1.36. The molecule has 1 heterocycles. The molecule has 96 valence electrons. The van der Waals surface area contributed by atoms with Gasteiger partial charge in [0.15, 0.2) is 0 Å². The molecule has 0 bridgehead atoms. The van der Waals surface area contributed by atoms with Crippen LogP contribution in [0.15, 0.2) is 6.07 Å². The van der Waals surface area contributed by atoms with E-state index in [0.717, 1.165) is 24.5 Å². The van der Waals surface area contributed by atoms with Crippen molar-refractivity contribution in [3.63, 3.8) is 0 Å². The van der Waals surface area contributed by atoms with E-state index in [1.54, 1.807) is 6.92 Å². The summed E-state index contributed by atoms with van der Waals surface area (Å²) in [5, 5.41) is 13.2. The molecule has 1 N–H and O–H groups in total. The monoisotopic (exact) mass is 239 g/mol. The fourth-order valence-electron chi connectivity index (χ4n) is 1.89. The van der Waals surface area contributed by atoms with Gasteiger partial charge in [0.1, 0.15) is 0 Å². The average molecular weight is 239 g/mol. The number of rotatable bonds is 6. The van der Waals surface area contributed by atoms with Gasteiger partial charge in [-0.25, -0.2) is 0 Å². The lowest BCUT2D eigenvalue weighted by molar-refractivity contribution is -0.141. The van der Waals surface area contributed by atoms with Gasteiger partial charge in [-0.15, -0.1) is 0 Å². The summed E-state index contributed by atoms with van der Waals surface area (Å²) in [6.07, 6.45) is 0. The highest BCUT2D eigenvalue weighted by Crippen LogP contribution is 2.08. The Bertz CT molecular complexity index is 387. The smallest absolute Gasteiger partial charge is 0.307 e. The second-order valence-electron chi connectivity index (χ2n) is 4.53. The molecule has 1 aromatic rings. The quantitative estimate of drug-likeness (QED) is 0.814. The highest BCUT2D eigenvalue weighted by atomic mass is 16.4. The zero-order valence-corrected chi connectivity index (χ0v) is 11.0. The molecule has 1 rings (SSSR count). The van der Waals surface area contributed by atoms with Crippen molar-refractivity contribution in [2.24, 2.45) is 5.92 Å². The van der Waals surface area contributed by atoms with Crippen molar-refractivity contribution in [1.29, 1.82) is 0 Å². The number of aliphatic carboxylic acids is 1. The van der Waals surface area contributed by atoms with Gasteiger partial charge < -0.3 is 5.11 Å². The van der Waals surface area contributed by atoms with Crippen LogP contribution in [0.3, 0.4) is 0 Å². The molecule has 0 saturated carbocycles.